The molecule has 1 aromatic heterocycles. The van der Waals surface area contributed by atoms with Crippen LogP contribution >= 0.6 is 0 Å². The van der Waals surface area contributed by atoms with E-state index in [1.165, 1.54) is 11.8 Å². The van der Waals surface area contributed by atoms with Crippen molar-refractivity contribution >= 4 is 11.8 Å². The smallest absolute Gasteiger partial charge is 0.270 e. The number of rotatable bonds is 4. The molecule has 0 atom stereocenters. The molecular weight excluding hydrogens is 318 g/mol. The number of morpholine rings is 1. The summed E-state index contributed by atoms with van der Waals surface area (Å²) in [6, 6.07) is 11.1. The molecule has 1 aliphatic heterocycles. The molecule has 0 unspecified atom stereocenters. The van der Waals surface area contributed by atoms with Gasteiger partial charge in [-0.25, -0.2) is 0 Å². The molecule has 1 aromatic carbocycles. The Kier molecular flexibility index (Phi) is 5.40. The van der Waals surface area contributed by atoms with Crippen LogP contribution in [0.4, 0.5) is 0 Å². The summed E-state index contributed by atoms with van der Waals surface area (Å²) >= 11 is 0. The monoisotopic (exact) mass is 339 g/mol. The molecule has 0 saturated carbocycles. The van der Waals surface area contributed by atoms with Gasteiger partial charge in [-0.15, -0.1) is 0 Å². The number of benzene rings is 1. The molecule has 0 spiro atoms. The van der Waals surface area contributed by atoms with Gasteiger partial charge in [0.15, 0.2) is 0 Å². The number of carbonyl (C=O) groups excluding carboxylic acids is 2. The third-order valence-corrected chi connectivity index (χ3v) is 4.11. The van der Waals surface area contributed by atoms with Gasteiger partial charge in [0, 0.05) is 31.4 Å². The molecule has 1 N–H and O–H groups in total. The van der Waals surface area contributed by atoms with Gasteiger partial charge in [-0.2, -0.15) is 0 Å². The van der Waals surface area contributed by atoms with Gasteiger partial charge in [0.2, 0.25) is 0 Å². The summed E-state index contributed by atoms with van der Waals surface area (Å²) in [5, 5.41) is 2.83. The number of carbonyl (C=O) groups is 2. The Labute approximate surface area is 146 Å². The van der Waals surface area contributed by atoms with Crippen molar-refractivity contribution < 1.29 is 14.3 Å². The summed E-state index contributed by atoms with van der Waals surface area (Å²) in [5.74, 6) is -0.393. The van der Waals surface area contributed by atoms with E-state index in [1.54, 1.807) is 17.0 Å². The van der Waals surface area contributed by atoms with Crippen LogP contribution in [0.3, 0.4) is 0 Å². The summed E-state index contributed by atoms with van der Waals surface area (Å²) < 4.78 is 5.26. The van der Waals surface area contributed by atoms with E-state index in [0.717, 1.165) is 5.56 Å². The van der Waals surface area contributed by atoms with E-state index < -0.39 is 0 Å². The molecule has 6 nitrogen and oxygen atoms in total. The van der Waals surface area contributed by atoms with Crippen LogP contribution in [0.5, 0.6) is 0 Å². The van der Waals surface area contributed by atoms with Crippen LogP contribution in [-0.2, 0) is 11.3 Å². The molecule has 0 bridgehead atoms. The number of amides is 2. The predicted octanol–water partition coefficient (Wildman–Crippen LogP) is 1.79. The highest BCUT2D eigenvalue weighted by Gasteiger charge is 2.19. The second-order valence-electron chi connectivity index (χ2n) is 6.00. The zero-order valence-electron chi connectivity index (χ0n) is 14.2. The van der Waals surface area contributed by atoms with Gasteiger partial charge < -0.3 is 15.0 Å². The highest BCUT2D eigenvalue weighted by atomic mass is 16.5. The van der Waals surface area contributed by atoms with Crippen molar-refractivity contribution in [2.75, 3.05) is 26.3 Å². The lowest BCUT2D eigenvalue weighted by Gasteiger charge is -2.26. The van der Waals surface area contributed by atoms with Gasteiger partial charge in [0.05, 0.1) is 13.2 Å². The number of ether oxygens (including phenoxy) is 1. The number of nitrogens with zero attached hydrogens (tertiary/aromatic N) is 2. The molecule has 25 heavy (non-hydrogen) atoms. The van der Waals surface area contributed by atoms with Crippen LogP contribution in [-0.4, -0.2) is 48.0 Å². The van der Waals surface area contributed by atoms with E-state index in [9.17, 15) is 9.59 Å². The minimum atomic E-state index is -0.294. The standard InChI is InChI=1S/C19H21N3O3/c1-14-2-4-15(5-3-14)13-21-18(23)17-12-16(6-7-20-17)19(24)22-8-10-25-11-9-22/h2-7,12H,8-11,13H2,1H3,(H,21,23). The molecule has 0 radical (unpaired) electrons. The van der Waals surface area contributed by atoms with Crippen molar-refractivity contribution in [3.63, 3.8) is 0 Å². The van der Waals surface area contributed by atoms with E-state index >= 15 is 0 Å². The summed E-state index contributed by atoms with van der Waals surface area (Å²) in [5.41, 5.74) is 2.90. The molecule has 6 heteroatoms. The largest absolute Gasteiger partial charge is 0.378 e. The fourth-order valence-corrected chi connectivity index (χ4v) is 2.62. The Morgan fingerprint density at radius 3 is 2.60 bits per heavy atom. The van der Waals surface area contributed by atoms with E-state index in [1.807, 2.05) is 31.2 Å². The lowest BCUT2D eigenvalue weighted by molar-refractivity contribution is 0.0303. The summed E-state index contributed by atoms with van der Waals surface area (Å²) in [4.78, 5) is 30.6. The number of hydrogen-bond acceptors (Lipinski definition) is 4. The van der Waals surface area contributed by atoms with Gasteiger partial charge in [0.25, 0.3) is 11.8 Å². The second kappa shape index (κ2) is 7.90. The number of hydrogen-bond donors (Lipinski definition) is 1. The van der Waals surface area contributed by atoms with E-state index in [-0.39, 0.29) is 17.5 Å². The van der Waals surface area contributed by atoms with Crippen LogP contribution in [0.2, 0.25) is 0 Å². The SMILES string of the molecule is Cc1ccc(CNC(=O)c2cc(C(=O)N3CCOCC3)ccn2)cc1. The summed E-state index contributed by atoms with van der Waals surface area (Å²) in [6.07, 6.45) is 1.49. The fraction of sp³-hybridized carbons (Fsp3) is 0.316. The first-order valence-corrected chi connectivity index (χ1v) is 8.30. The third-order valence-electron chi connectivity index (χ3n) is 4.11. The first kappa shape index (κ1) is 17.1. The van der Waals surface area contributed by atoms with Crippen molar-refractivity contribution in [1.29, 1.82) is 0 Å². The summed E-state index contributed by atoms with van der Waals surface area (Å²) in [7, 11) is 0. The van der Waals surface area contributed by atoms with Gasteiger partial charge in [-0.3, -0.25) is 14.6 Å². The normalized spacial score (nSPS) is 14.2. The third kappa shape index (κ3) is 4.42. The Balaban J connectivity index is 1.64. The molecule has 3 rings (SSSR count). The van der Waals surface area contributed by atoms with Crippen LogP contribution in [0.15, 0.2) is 42.6 Å². The van der Waals surface area contributed by atoms with Crippen LogP contribution in [0.25, 0.3) is 0 Å². The quantitative estimate of drug-likeness (QED) is 0.922. The molecule has 2 heterocycles. The molecular formula is C19H21N3O3. The molecule has 0 aliphatic carbocycles. The maximum absolute atomic E-state index is 12.5. The number of nitrogens with one attached hydrogen (secondary N) is 1. The Bertz CT molecular complexity index is 753. The Morgan fingerprint density at radius 1 is 1.16 bits per heavy atom. The zero-order chi connectivity index (χ0) is 17.6. The van der Waals surface area contributed by atoms with E-state index in [2.05, 4.69) is 10.3 Å². The molecule has 130 valence electrons. The zero-order valence-corrected chi connectivity index (χ0v) is 14.2. The second-order valence-corrected chi connectivity index (χ2v) is 6.00. The lowest BCUT2D eigenvalue weighted by atomic mass is 10.1. The summed E-state index contributed by atoms with van der Waals surface area (Å²) in [6.45, 7) is 4.65. The fourth-order valence-electron chi connectivity index (χ4n) is 2.62. The maximum atomic E-state index is 12.5. The molecule has 2 aromatic rings. The minimum absolute atomic E-state index is 0.0988. The maximum Gasteiger partial charge on any atom is 0.270 e. The van der Waals surface area contributed by atoms with E-state index in [0.29, 0.717) is 38.4 Å². The first-order chi connectivity index (χ1) is 12.1. The van der Waals surface area contributed by atoms with Crippen molar-refractivity contribution in [3.05, 3.63) is 65.0 Å². The highest BCUT2D eigenvalue weighted by Crippen LogP contribution is 2.09. The van der Waals surface area contributed by atoms with Gasteiger partial charge in [-0.1, -0.05) is 29.8 Å². The average Bonchev–Trinajstić information content (AvgIpc) is 2.67. The highest BCUT2D eigenvalue weighted by molar-refractivity contribution is 5.98. The first-order valence-electron chi connectivity index (χ1n) is 8.30. The number of aryl methyl sites for hydroxylation is 1. The van der Waals surface area contributed by atoms with Gasteiger partial charge in [-0.05, 0) is 24.6 Å². The Morgan fingerprint density at radius 2 is 1.88 bits per heavy atom. The van der Waals surface area contributed by atoms with Gasteiger partial charge >= 0.3 is 0 Å². The average molecular weight is 339 g/mol. The van der Waals surface area contributed by atoms with E-state index in [4.69, 9.17) is 4.74 Å². The Hall–Kier alpha value is -2.73. The molecule has 1 aliphatic rings. The molecule has 2 amide bonds. The molecule has 1 saturated heterocycles. The number of pyridine rings is 1. The topological polar surface area (TPSA) is 71.5 Å². The lowest BCUT2D eigenvalue weighted by Crippen LogP contribution is -2.40. The van der Waals surface area contributed by atoms with Crippen molar-refractivity contribution in [1.82, 2.24) is 15.2 Å². The van der Waals surface area contributed by atoms with Crippen molar-refractivity contribution in [2.24, 2.45) is 0 Å². The minimum Gasteiger partial charge on any atom is -0.378 e. The van der Waals surface area contributed by atoms with Gasteiger partial charge in [0.1, 0.15) is 5.69 Å². The predicted molar refractivity (Wildman–Crippen MR) is 93.3 cm³/mol. The van der Waals surface area contributed by atoms with Crippen LogP contribution in [0.1, 0.15) is 32.0 Å². The molecule has 1 fully saturated rings. The number of aromatic nitrogens is 1. The van der Waals surface area contributed by atoms with Crippen LogP contribution < -0.4 is 5.32 Å². The van der Waals surface area contributed by atoms with Crippen molar-refractivity contribution in [3.8, 4) is 0 Å². The van der Waals surface area contributed by atoms with Crippen LogP contribution in [0, 0.1) is 6.92 Å². The van der Waals surface area contributed by atoms with Crippen molar-refractivity contribution in [2.45, 2.75) is 13.5 Å².